The van der Waals surface area contributed by atoms with Gasteiger partial charge < -0.3 is 10.4 Å². The lowest BCUT2D eigenvalue weighted by Crippen LogP contribution is -2.42. The van der Waals surface area contributed by atoms with Gasteiger partial charge in [0.25, 0.3) is 5.91 Å². The minimum atomic E-state index is -4.51. The molecule has 0 heterocycles. The average Bonchev–Trinajstić information content (AvgIpc) is 2.55. The molecule has 1 atom stereocenters. The van der Waals surface area contributed by atoms with E-state index < -0.39 is 29.7 Å². The molecule has 0 radical (unpaired) electrons. The zero-order chi connectivity index (χ0) is 18.6. The van der Waals surface area contributed by atoms with Crippen molar-refractivity contribution >= 4 is 23.5 Å². The molecule has 1 amide bonds. The summed E-state index contributed by atoms with van der Waals surface area (Å²) in [6, 6.07) is 8.82. The van der Waals surface area contributed by atoms with E-state index in [1.165, 1.54) is 0 Å². The molecule has 2 aromatic carbocycles. The normalized spacial score (nSPS) is 12.5. The minimum Gasteiger partial charge on any atom is -0.480 e. The Bertz CT molecular complexity index is 775. The highest BCUT2D eigenvalue weighted by atomic mass is 35.5. The average molecular weight is 372 g/mol. The largest absolute Gasteiger partial charge is 0.480 e. The first kappa shape index (κ1) is 18.8. The van der Waals surface area contributed by atoms with Gasteiger partial charge in [-0.05, 0) is 35.9 Å². The first-order valence-electron chi connectivity index (χ1n) is 7.13. The van der Waals surface area contributed by atoms with E-state index in [0.29, 0.717) is 10.6 Å². The highest BCUT2D eigenvalue weighted by Crippen LogP contribution is 2.29. The van der Waals surface area contributed by atoms with Gasteiger partial charge in [0.15, 0.2) is 0 Å². The van der Waals surface area contributed by atoms with E-state index in [9.17, 15) is 27.9 Å². The number of nitrogens with one attached hydrogen (secondary N) is 1. The standard InChI is InChI=1S/C17H13ClF3NO3/c18-13-4-2-1-3-11(13)9-14(16(24)25)22-15(23)10-5-7-12(8-6-10)17(19,20)21/h1-8,14H,9H2,(H,22,23)(H,24,25)/t14-/m1/s1. The minimum absolute atomic E-state index is 0.0542. The van der Waals surface area contributed by atoms with Gasteiger partial charge >= 0.3 is 12.1 Å². The Hall–Kier alpha value is -2.54. The van der Waals surface area contributed by atoms with Crippen molar-refractivity contribution in [1.29, 1.82) is 0 Å². The van der Waals surface area contributed by atoms with Crippen molar-refractivity contribution in [1.82, 2.24) is 5.32 Å². The molecule has 0 aromatic heterocycles. The van der Waals surface area contributed by atoms with E-state index in [4.69, 9.17) is 11.6 Å². The molecule has 0 fully saturated rings. The monoisotopic (exact) mass is 371 g/mol. The lowest BCUT2D eigenvalue weighted by atomic mass is 10.0. The molecule has 0 aliphatic carbocycles. The first-order valence-corrected chi connectivity index (χ1v) is 7.50. The van der Waals surface area contributed by atoms with Crippen molar-refractivity contribution in [3.8, 4) is 0 Å². The number of hydrogen-bond acceptors (Lipinski definition) is 2. The van der Waals surface area contributed by atoms with Crippen molar-refractivity contribution in [2.45, 2.75) is 18.6 Å². The number of hydrogen-bond donors (Lipinski definition) is 2. The highest BCUT2D eigenvalue weighted by molar-refractivity contribution is 6.31. The van der Waals surface area contributed by atoms with E-state index >= 15 is 0 Å². The molecule has 132 valence electrons. The van der Waals surface area contributed by atoms with Crippen LogP contribution in [-0.4, -0.2) is 23.0 Å². The van der Waals surface area contributed by atoms with Gasteiger partial charge in [-0.25, -0.2) is 4.79 Å². The molecule has 0 saturated carbocycles. The molecule has 0 aliphatic heterocycles. The second kappa shape index (κ2) is 7.57. The Labute approximate surface area is 146 Å². The van der Waals surface area contributed by atoms with Gasteiger partial charge in [0.2, 0.25) is 0 Å². The van der Waals surface area contributed by atoms with E-state index in [1.54, 1.807) is 24.3 Å². The van der Waals surface area contributed by atoms with Crippen LogP contribution in [0.15, 0.2) is 48.5 Å². The molecule has 2 N–H and O–H groups in total. The third kappa shape index (κ3) is 4.96. The summed E-state index contributed by atoms with van der Waals surface area (Å²) < 4.78 is 37.6. The molecule has 0 bridgehead atoms. The van der Waals surface area contributed by atoms with Crippen molar-refractivity contribution < 1.29 is 27.9 Å². The molecular weight excluding hydrogens is 359 g/mol. The molecule has 8 heteroatoms. The van der Waals surface area contributed by atoms with Crippen LogP contribution in [0.2, 0.25) is 5.02 Å². The van der Waals surface area contributed by atoms with Crippen molar-refractivity contribution in [3.05, 3.63) is 70.2 Å². The summed E-state index contributed by atoms with van der Waals surface area (Å²) in [5, 5.41) is 11.9. The number of carboxylic acids is 1. The first-order chi connectivity index (χ1) is 11.7. The number of carbonyl (C=O) groups excluding carboxylic acids is 1. The van der Waals surface area contributed by atoms with Crippen LogP contribution >= 0.6 is 11.6 Å². The van der Waals surface area contributed by atoms with Crippen molar-refractivity contribution in [2.24, 2.45) is 0 Å². The number of halogens is 4. The van der Waals surface area contributed by atoms with Crippen molar-refractivity contribution in [3.63, 3.8) is 0 Å². The molecule has 4 nitrogen and oxygen atoms in total. The van der Waals surface area contributed by atoms with E-state index in [2.05, 4.69) is 5.32 Å². The molecule has 0 unspecified atom stereocenters. The van der Waals surface area contributed by atoms with Crippen LogP contribution in [0.5, 0.6) is 0 Å². The predicted octanol–water partition coefficient (Wildman–Crippen LogP) is 3.78. The summed E-state index contributed by atoms with van der Waals surface area (Å²) in [4.78, 5) is 23.5. The molecular formula is C17H13ClF3NO3. The quantitative estimate of drug-likeness (QED) is 0.840. The second-order valence-corrected chi connectivity index (χ2v) is 5.64. The number of rotatable bonds is 5. The zero-order valence-electron chi connectivity index (χ0n) is 12.7. The molecule has 0 spiro atoms. The molecule has 2 rings (SSSR count). The van der Waals surface area contributed by atoms with Crippen LogP contribution < -0.4 is 5.32 Å². The van der Waals surface area contributed by atoms with Crippen LogP contribution in [-0.2, 0) is 17.4 Å². The van der Waals surface area contributed by atoms with Gasteiger partial charge in [-0.3, -0.25) is 4.79 Å². The number of carbonyl (C=O) groups is 2. The van der Waals surface area contributed by atoms with E-state index in [1.807, 2.05) is 0 Å². The number of carboxylic acid groups (broad SMARTS) is 1. The molecule has 0 aliphatic rings. The van der Waals surface area contributed by atoms with Crippen LogP contribution in [0.25, 0.3) is 0 Å². The van der Waals surface area contributed by atoms with E-state index in [0.717, 1.165) is 24.3 Å². The maximum absolute atomic E-state index is 12.5. The fraction of sp³-hybridized carbons (Fsp3) is 0.176. The maximum atomic E-state index is 12.5. The van der Waals surface area contributed by atoms with Gasteiger partial charge in [0.1, 0.15) is 6.04 Å². The Morgan fingerprint density at radius 3 is 2.20 bits per heavy atom. The van der Waals surface area contributed by atoms with Crippen LogP contribution in [0.4, 0.5) is 13.2 Å². The fourth-order valence-electron chi connectivity index (χ4n) is 2.14. The van der Waals surface area contributed by atoms with E-state index in [-0.39, 0.29) is 12.0 Å². The Morgan fingerprint density at radius 2 is 1.68 bits per heavy atom. The SMILES string of the molecule is O=C(N[C@H](Cc1ccccc1Cl)C(=O)O)c1ccc(C(F)(F)F)cc1. The number of aliphatic carboxylic acids is 1. The summed E-state index contributed by atoms with van der Waals surface area (Å²) in [7, 11) is 0. The maximum Gasteiger partial charge on any atom is 0.416 e. The van der Waals surface area contributed by atoms with Gasteiger partial charge in [-0.2, -0.15) is 13.2 Å². The second-order valence-electron chi connectivity index (χ2n) is 5.23. The predicted molar refractivity (Wildman–Crippen MR) is 85.5 cm³/mol. The highest BCUT2D eigenvalue weighted by Gasteiger charge is 2.30. The molecule has 2 aromatic rings. The van der Waals surface area contributed by atoms with Gasteiger partial charge in [0.05, 0.1) is 5.56 Å². The van der Waals surface area contributed by atoms with Gasteiger partial charge in [-0.1, -0.05) is 29.8 Å². The number of alkyl halides is 3. The lowest BCUT2D eigenvalue weighted by molar-refractivity contribution is -0.139. The Balaban J connectivity index is 2.13. The van der Waals surface area contributed by atoms with Crippen molar-refractivity contribution in [2.75, 3.05) is 0 Å². The lowest BCUT2D eigenvalue weighted by Gasteiger charge is -2.16. The van der Waals surface area contributed by atoms with Gasteiger partial charge in [-0.15, -0.1) is 0 Å². The summed E-state index contributed by atoms with van der Waals surface area (Å²) in [5.74, 6) is -2.06. The van der Waals surface area contributed by atoms with Crippen LogP contribution in [0, 0.1) is 0 Å². The van der Waals surface area contributed by atoms with Crippen LogP contribution in [0.1, 0.15) is 21.5 Å². The summed E-state index contributed by atoms with van der Waals surface area (Å²) in [6.45, 7) is 0. The summed E-state index contributed by atoms with van der Waals surface area (Å²) >= 11 is 5.97. The topological polar surface area (TPSA) is 66.4 Å². The summed E-state index contributed by atoms with van der Waals surface area (Å²) in [5.41, 5.74) is -0.433. The van der Waals surface area contributed by atoms with Crippen LogP contribution in [0.3, 0.4) is 0 Å². The number of benzene rings is 2. The Kier molecular flexibility index (Phi) is 5.69. The third-order valence-corrected chi connectivity index (χ3v) is 3.83. The fourth-order valence-corrected chi connectivity index (χ4v) is 2.35. The van der Waals surface area contributed by atoms with Gasteiger partial charge in [0, 0.05) is 17.0 Å². The Morgan fingerprint density at radius 1 is 1.08 bits per heavy atom. The summed E-state index contributed by atoms with van der Waals surface area (Å²) in [6.07, 6.45) is -4.57. The third-order valence-electron chi connectivity index (χ3n) is 3.46. The smallest absolute Gasteiger partial charge is 0.416 e. The molecule has 0 saturated heterocycles. The molecule has 25 heavy (non-hydrogen) atoms. The zero-order valence-corrected chi connectivity index (χ0v) is 13.4. The number of amides is 1.